The Hall–Kier alpha value is -1.22. The fourth-order valence-electron chi connectivity index (χ4n) is 2.20. The fraction of sp³-hybridized carbons (Fsp3) is 0.571. The van der Waals surface area contributed by atoms with Crippen LogP contribution in [-0.4, -0.2) is 25.7 Å². The van der Waals surface area contributed by atoms with Gasteiger partial charge in [0.15, 0.2) is 0 Å². The summed E-state index contributed by atoms with van der Waals surface area (Å²) in [6.45, 7) is 4.88. The van der Waals surface area contributed by atoms with Crippen molar-refractivity contribution in [1.82, 2.24) is 5.32 Å². The molecule has 0 radical (unpaired) electrons. The first-order valence-corrected chi connectivity index (χ1v) is 6.58. The Kier molecular flexibility index (Phi) is 4.68. The maximum atomic E-state index is 5.48. The van der Waals surface area contributed by atoms with Crippen LogP contribution < -0.4 is 15.4 Å². The van der Waals surface area contributed by atoms with Crippen LogP contribution in [0.2, 0.25) is 0 Å². The van der Waals surface area contributed by atoms with Gasteiger partial charge in [-0.25, -0.2) is 0 Å². The van der Waals surface area contributed by atoms with E-state index in [9.17, 15) is 0 Å². The third kappa shape index (κ3) is 3.93. The van der Waals surface area contributed by atoms with E-state index in [0.717, 1.165) is 24.5 Å². The van der Waals surface area contributed by atoms with E-state index >= 15 is 0 Å². The summed E-state index contributed by atoms with van der Waals surface area (Å²) in [5, 5.41) is 7.01. The quantitative estimate of drug-likeness (QED) is 0.821. The highest BCUT2D eigenvalue weighted by atomic mass is 16.5. The summed E-state index contributed by atoms with van der Waals surface area (Å²) in [7, 11) is 0. The summed E-state index contributed by atoms with van der Waals surface area (Å²) in [5.41, 5.74) is 1.14. The van der Waals surface area contributed by atoms with Crippen LogP contribution in [0.15, 0.2) is 24.3 Å². The molecule has 0 amide bonds. The molecule has 0 aromatic heterocycles. The van der Waals surface area contributed by atoms with E-state index in [0.29, 0.717) is 12.6 Å². The molecule has 2 N–H and O–H groups in total. The Morgan fingerprint density at radius 1 is 1.41 bits per heavy atom. The van der Waals surface area contributed by atoms with Crippen molar-refractivity contribution >= 4 is 5.69 Å². The molecule has 1 aliphatic rings. The van der Waals surface area contributed by atoms with E-state index in [1.54, 1.807) is 0 Å². The number of hydrogen-bond donors (Lipinski definition) is 2. The topological polar surface area (TPSA) is 33.3 Å². The maximum absolute atomic E-state index is 5.48. The van der Waals surface area contributed by atoms with Crippen LogP contribution in [-0.2, 0) is 0 Å². The van der Waals surface area contributed by atoms with Gasteiger partial charge in [-0.2, -0.15) is 0 Å². The Morgan fingerprint density at radius 3 is 3.12 bits per heavy atom. The van der Waals surface area contributed by atoms with Crippen LogP contribution >= 0.6 is 0 Å². The minimum atomic E-state index is 0.611. The molecule has 1 atom stereocenters. The Balaban J connectivity index is 1.83. The Bertz CT molecular complexity index is 335. The molecule has 1 unspecified atom stereocenters. The van der Waals surface area contributed by atoms with Crippen LogP contribution in [0.25, 0.3) is 0 Å². The average molecular weight is 234 g/mol. The van der Waals surface area contributed by atoms with Crippen molar-refractivity contribution in [2.75, 3.05) is 25.0 Å². The van der Waals surface area contributed by atoms with Gasteiger partial charge in [0, 0.05) is 24.3 Å². The first kappa shape index (κ1) is 12.2. The molecule has 0 bridgehead atoms. The molecule has 3 heteroatoms. The van der Waals surface area contributed by atoms with Crippen molar-refractivity contribution in [1.29, 1.82) is 0 Å². The highest BCUT2D eigenvalue weighted by molar-refractivity contribution is 5.48. The predicted octanol–water partition coefficient (Wildman–Crippen LogP) is 2.64. The normalized spacial score (nSPS) is 19.9. The third-order valence-electron chi connectivity index (χ3n) is 3.11. The first-order chi connectivity index (χ1) is 8.38. The number of hydrogen-bond acceptors (Lipinski definition) is 3. The molecule has 1 saturated heterocycles. The summed E-state index contributed by atoms with van der Waals surface area (Å²) < 4.78 is 5.48. The largest absolute Gasteiger partial charge is 0.494 e. The van der Waals surface area contributed by atoms with Crippen LogP contribution in [0.1, 0.15) is 26.2 Å². The van der Waals surface area contributed by atoms with Crippen molar-refractivity contribution < 1.29 is 4.74 Å². The summed E-state index contributed by atoms with van der Waals surface area (Å²) in [5.74, 6) is 0.939. The van der Waals surface area contributed by atoms with Gasteiger partial charge in [0.25, 0.3) is 0 Å². The van der Waals surface area contributed by atoms with Crippen molar-refractivity contribution in [2.24, 2.45) is 0 Å². The summed E-state index contributed by atoms with van der Waals surface area (Å²) >= 11 is 0. The van der Waals surface area contributed by atoms with Gasteiger partial charge in [0.2, 0.25) is 0 Å². The van der Waals surface area contributed by atoms with Gasteiger partial charge in [-0.1, -0.05) is 12.5 Å². The molecule has 1 aromatic carbocycles. The van der Waals surface area contributed by atoms with Gasteiger partial charge in [-0.05, 0) is 38.4 Å². The van der Waals surface area contributed by atoms with E-state index in [1.807, 2.05) is 19.1 Å². The average Bonchev–Trinajstić information content (AvgIpc) is 2.39. The molecule has 1 heterocycles. The predicted molar refractivity (Wildman–Crippen MR) is 71.7 cm³/mol. The van der Waals surface area contributed by atoms with Gasteiger partial charge in [-0.15, -0.1) is 0 Å². The van der Waals surface area contributed by atoms with E-state index in [4.69, 9.17) is 4.74 Å². The van der Waals surface area contributed by atoms with Gasteiger partial charge < -0.3 is 15.4 Å². The zero-order valence-electron chi connectivity index (χ0n) is 10.5. The lowest BCUT2D eigenvalue weighted by Gasteiger charge is -2.24. The second-order valence-electron chi connectivity index (χ2n) is 4.49. The Labute approximate surface area is 104 Å². The van der Waals surface area contributed by atoms with Gasteiger partial charge in [0.1, 0.15) is 5.75 Å². The first-order valence-electron chi connectivity index (χ1n) is 6.58. The zero-order valence-corrected chi connectivity index (χ0v) is 10.5. The lowest BCUT2D eigenvalue weighted by Crippen LogP contribution is -2.39. The molecule has 0 spiro atoms. The molecular weight excluding hydrogens is 212 g/mol. The number of ether oxygens (including phenoxy) is 1. The number of nitrogens with one attached hydrogen (secondary N) is 2. The molecule has 17 heavy (non-hydrogen) atoms. The Morgan fingerprint density at radius 2 is 2.35 bits per heavy atom. The zero-order chi connectivity index (χ0) is 11.9. The summed E-state index contributed by atoms with van der Waals surface area (Å²) in [4.78, 5) is 0. The molecule has 1 aliphatic heterocycles. The second-order valence-corrected chi connectivity index (χ2v) is 4.49. The lowest BCUT2D eigenvalue weighted by atomic mass is 10.1. The number of anilines is 1. The monoisotopic (exact) mass is 234 g/mol. The molecule has 2 rings (SSSR count). The molecule has 0 saturated carbocycles. The van der Waals surface area contributed by atoms with Gasteiger partial charge >= 0.3 is 0 Å². The minimum Gasteiger partial charge on any atom is -0.494 e. The van der Waals surface area contributed by atoms with Crippen molar-refractivity contribution in [3.05, 3.63) is 24.3 Å². The highest BCUT2D eigenvalue weighted by Gasteiger charge is 2.11. The lowest BCUT2D eigenvalue weighted by molar-refractivity contribution is 0.340. The maximum Gasteiger partial charge on any atom is 0.121 e. The smallest absolute Gasteiger partial charge is 0.121 e. The highest BCUT2D eigenvalue weighted by Crippen LogP contribution is 2.17. The SMILES string of the molecule is CCOc1cccc(NCC2CCCCN2)c1. The van der Waals surface area contributed by atoms with Crippen LogP contribution in [0, 0.1) is 0 Å². The molecular formula is C14H22N2O. The van der Waals surface area contributed by atoms with Gasteiger partial charge in [0.05, 0.1) is 6.61 Å². The number of benzene rings is 1. The molecule has 94 valence electrons. The third-order valence-corrected chi connectivity index (χ3v) is 3.11. The van der Waals surface area contributed by atoms with E-state index in [1.165, 1.54) is 19.3 Å². The van der Waals surface area contributed by atoms with E-state index in [2.05, 4.69) is 22.8 Å². The number of piperidine rings is 1. The standard InChI is InChI=1S/C14H22N2O/c1-2-17-14-8-5-7-12(10-14)16-11-13-6-3-4-9-15-13/h5,7-8,10,13,15-16H,2-4,6,9,11H2,1H3. The van der Waals surface area contributed by atoms with Gasteiger partial charge in [-0.3, -0.25) is 0 Å². The van der Waals surface area contributed by atoms with Crippen molar-refractivity contribution in [3.8, 4) is 5.75 Å². The second kappa shape index (κ2) is 6.50. The van der Waals surface area contributed by atoms with E-state index in [-0.39, 0.29) is 0 Å². The summed E-state index contributed by atoms with van der Waals surface area (Å²) in [6.07, 6.45) is 3.94. The molecule has 0 aliphatic carbocycles. The molecule has 1 aromatic rings. The summed E-state index contributed by atoms with van der Waals surface area (Å²) in [6, 6.07) is 8.78. The van der Waals surface area contributed by atoms with Crippen LogP contribution in [0.5, 0.6) is 5.75 Å². The molecule has 1 fully saturated rings. The van der Waals surface area contributed by atoms with E-state index < -0.39 is 0 Å². The van der Waals surface area contributed by atoms with Crippen LogP contribution in [0.3, 0.4) is 0 Å². The minimum absolute atomic E-state index is 0.611. The van der Waals surface area contributed by atoms with Crippen LogP contribution in [0.4, 0.5) is 5.69 Å². The number of rotatable bonds is 5. The fourth-order valence-corrected chi connectivity index (χ4v) is 2.20. The van der Waals surface area contributed by atoms with Crippen molar-refractivity contribution in [3.63, 3.8) is 0 Å². The van der Waals surface area contributed by atoms with Crippen molar-refractivity contribution in [2.45, 2.75) is 32.2 Å². The molecule has 3 nitrogen and oxygen atoms in total.